The SMILES string of the molecule is COc1cc(OC)c2c(c1Cl)OC1(C(=O)C=C(Nc3cc(N(O)O)ccc3[O-])CC1C)C2=O. The first-order valence-corrected chi connectivity index (χ1v) is 10.2. The van der Waals surface area contributed by atoms with Crippen LogP contribution in [-0.4, -0.2) is 41.8 Å². The highest BCUT2D eigenvalue weighted by molar-refractivity contribution is 6.36. The van der Waals surface area contributed by atoms with Gasteiger partial charge in [0.2, 0.25) is 17.2 Å². The first-order chi connectivity index (χ1) is 15.6. The molecule has 2 atom stereocenters. The first kappa shape index (κ1) is 22.7. The quantitative estimate of drug-likeness (QED) is 0.436. The van der Waals surface area contributed by atoms with Crippen molar-refractivity contribution in [2.24, 2.45) is 5.92 Å². The Kier molecular flexibility index (Phi) is 5.61. The Bertz CT molecular complexity index is 1200. The molecule has 33 heavy (non-hydrogen) atoms. The lowest BCUT2D eigenvalue weighted by atomic mass is 9.74. The van der Waals surface area contributed by atoms with E-state index < -0.39 is 28.8 Å². The predicted molar refractivity (Wildman–Crippen MR) is 115 cm³/mol. The molecule has 1 spiro atoms. The fourth-order valence-corrected chi connectivity index (χ4v) is 4.39. The average molecular weight is 476 g/mol. The molecule has 0 saturated carbocycles. The summed E-state index contributed by atoms with van der Waals surface area (Å²) >= 11 is 6.36. The highest BCUT2D eigenvalue weighted by atomic mass is 35.5. The van der Waals surface area contributed by atoms with Crippen LogP contribution in [0.15, 0.2) is 36.0 Å². The molecule has 2 aliphatic rings. The molecule has 0 amide bonds. The van der Waals surface area contributed by atoms with Gasteiger partial charge in [-0.1, -0.05) is 30.3 Å². The van der Waals surface area contributed by atoms with Crippen LogP contribution in [0.1, 0.15) is 23.7 Å². The van der Waals surface area contributed by atoms with E-state index >= 15 is 0 Å². The Hall–Kier alpha value is -3.47. The highest BCUT2D eigenvalue weighted by Gasteiger charge is 2.60. The highest BCUT2D eigenvalue weighted by Crippen LogP contribution is 2.53. The van der Waals surface area contributed by atoms with Gasteiger partial charge in [0, 0.05) is 29.4 Å². The van der Waals surface area contributed by atoms with E-state index in [1.165, 1.54) is 38.5 Å². The van der Waals surface area contributed by atoms with Crippen molar-refractivity contribution in [3.05, 3.63) is 46.6 Å². The first-order valence-electron chi connectivity index (χ1n) is 9.83. The van der Waals surface area contributed by atoms with Crippen molar-refractivity contribution in [1.29, 1.82) is 0 Å². The van der Waals surface area contributed by atoms with Gasteiger partial charge in [-0.05, 0) is 18.6 Å². The molecule has 0 radical (unpaired) electrons. The summed E-state index contributed by atoms with van der Waals surface area (Å²) in [7, 11) is 2.78. The number of Topliss-reactive ketones (excluding diaryl/α,β-unsaturated/α-hetero) is 1. The number of halogens is 1. The summed E-state index contributed by atoms with van der Waals surface area (Å²) in [6.07, 6.45) is 1.37. The lowest BCUT2D eigenvalue weighted by molar-refractivity contribution is -0.267. The van der Waals surface area contributed by atoms with Crippen LogP contribution in [0.5, 0.6) is 23.0 Å². The van der Waals surface area contributed by atoms with Crippen molar-refractivity contribution in [2.75, 3.05) is 24.8 Å². The maximum Gasteiger partial charge on any atom is 0.236 e. The predicted octanol–water partition coefficient (Wildman–Crippen LogP) is 2.93. The zero-order chi connectivity index (χ0) is 24.1. The number of fused-ring (bicyclic) bond motifs is 1. The number of carbonyl (C=O) groups is 2. The van der Waals surface area contributed by atoms with Crippen LogP contribution in [0.4, 0.5) is 11.4 Å². The summed E-state index contributed by atoms with van der Waals surface area (Å²) in [5.74, 6) is -1.85. The third-order valence-corrected chi connectivity index (χ3v) is 6.16. The number of methoxy groups -OCH3 is 2. The molecule has 0 bridgehead atoms. The fraction of sp³-hybridized carbons (Fsp3) is 0.273. The van der Waals surface area contributed by atoms with E-state index in [0.717, 1.165) is 6.07 Å². The van der Waals surface area contributed by atoms with E-state index in [9.17, 15) is 25.1 Å². The van der Waals surface area contributed by atoms with Gasteiger partial charge < -0.3 is 24.6 Å². The number of allylic oxidation sites excluding steroid dienone is 1. The maximum absolute atomic E-state index is 13.5. The number of ether oxygens (including phenoxy) is 3. The Morgan fingerprint density at radius 1 is 1.21 bits per heavy atom. The van der Waals surface area contributed by atoms with Crippen LogP contribution in [0.25, 0.3) is 0 Å². The smallest absolute Gasteiger partial charge is 0.236 e. The molecule has 2 aromatic carbocycles. The van der Waals surface area contributed by atoms with Crippen LogP contribution in [0.2, 0.25) is 5.02 Å². The second-order valence-corrected chi connectivity index (χ2v) is 8.08. The minimum atomic E-state index is -1.84. The Labute approximate surface area is 193 Å². The Morgan fingerprint density at radius 2 is 1.91 bits per heavy atom. The molecule has 174 valence electrons. The van der Waals surface area contributed by atoms with E-state index in [4.69, 9.17) is 25.8 Å². The molecule has 0 saturated heterocycles. The maximum atomic E-state index is 13.5. The van der Waals surface area contributed by atoms with Gasteiger partial charge in [0.15, 0.2) is 5.75 Å². The number of anilines is 2. The number of nitrogens with zero attached hydrogens (tertiary/aromatic N) is 1. The van der Waals surface area contributed by atoms with Crippen molar-refractivity contribution >= 4 is 34.5 Å². The topological polar surface area (TPSA) is 141 Å². The van der Waals surface area contributed by atoms with Gasteiger partial charge in [-0.25, -0.2) is 0 Å². The third-order valence-electron chi connectivity index (χ3n) is 5.80. The van der Waals surface area contributed by atoms with Gasteiger partial charge in [-0.15, -0.1) is 5.23 Å². The van der Waals surface area contributed by atoms with Crippen molar-refractivity contribution < 1.29 is 39.3 Å². The van der Waals surface area contributed by atoms with Crippen LogP contribution < -0.4 is 29.9 Å². The van der Waals surface area contributed by atoms with Gasteiger partial charge in [0.25, 0.3) is 0 Å². The molecule has 2 unspecified atom stereocenters. The zero-order valence-electron chi connectivity index (χ0n) is 17.8. The third kappa shape index (κ3) is 3.43. The van der Waals surface area contributed by atoms with Crippen molar-refractivity contribution in [1.82, 2.24) is 0 Å². The van der Waals surface area contributed by atoms with Crippen molar-refractivity contribution in [3.8, 4) is 23.0 Å². The molecule has 0 aromatic heterocycles. The molecule has 2 aromatic rings. The number of hydrogen-bond donors (Lipinski definition) is 3. The molecule has 4 rings (SSSR count). The molecule has 0 fully saturated rings. The summed E-state index contributed by atoms with van der Waals surface area (Å²) < 4.78 is 16.5. The average Bonchev–Trinajstić information content (AvgIpc) is 3.09. The second kappa shape index (κ2) is 8.14. The molecular weight excluding hydrogens is 456 g/mol. The minimum absolute atomic E-state index is 0.0170. The summed E-state index contributed by atoms with van der Waals surface area (Å²) in [6.45, 7) is 1.67. The van der Waals surface area contributed by atoms with E-state index in [2.05, 4.69) is 5.32 Å². The summed E-state index contributed by atoms with van der Waals surface area (Å²) in [5.41, 5.74) is -1.44. The largest absolute Gasteiger partial charge is 0.871 e. The van der Waals surface area contributed by atoms with Gasteiger partial charge >= 0.3 is 0 Å². The van der Waals surface area contributed by atoms with E-state index in [1.807, 2.05) is 0 Å². The zero-order valence-corrected chi connectivity index (χ0v) is 18.6. The lowest BCUT2D eigenvalue weighted by Gasteiger charge is -2.35. The fourth-order valence-electron chi connectivity index (χ4n) is 4.13. The summed E-state index contributed by atoms with van der Waals surface area (Å²) in [5, 5.41) is 33.3. The van der Waals surface area contributed by atoms with E-state index in [-0.39, 0.29) is 50.9 Å². The monoisotopic (exact) mass is 475 g/mol. The molecule has 10 nitrogen and oxygen atoms in total. The molecule has 1 heterocycles. The number of ketones is 2. The van der Waals surface area contributed by atoms with E-state index in [1.54, 1.807) is 6.92 Å². The van der Waals surface area contributed by atoms with E-state index in [0.29, 0.717) is 5.70 Å². The van der Waals surface area contributed by atoms with Crippen molar-refractivity contribution in [2.45, 2.75) is 18.9 Å². The summed E-state index contributed by atoms with van der Waals surface area (Å²) in [6, 6.07) is 5.04. The number of nitrogens with one attached hydrogen (secondary N) is 1. The Balaban J connectivity index is 1.71. The lowest BCUT2D eigenvalue weighted by Crippen LogP contribution is -2.55. The van der Waals surface area contributed by atoms with Crippen LogP contribution >= 0.6 is 11.6 Å². The molecule has 1 aliphatic carbocycles. The number of rotatable bonds is 5. The molecule has 11 heteroatoms. The molecule has 1 aliphatic heterocycles. The molecule has 3 N–H and O–H groups in total. The molecular formula is C22H20ClN2O8-. The van der Waals surface area contributed by atoms with Gasteiger partial charge in [0.1, 0.15) is 22.1 Å². The van der Waals surface area contributed by atoms with Crippen LogP contribution in [0.3, 0.4) is 0 Å². The van der Waals surface area contributed by atoms with Crippen LogP contribution in [0, 0.1) is 5.92 Å². The number of benzene rings is 2. The van der Waals surface area contributed by atoms with Gasteiger partial charge in [0.05, 0.1) is 19.9 Å². The summed E-state index contributed by atoms with van der Waals surface area (Å²) in [4.78, 5) is 26.8. The normalized spacial score (nSPS) is 21.4. The minimum Gasteiger partial charge on any atom is -0.871 e. The second-order valence-electron chi connectivity index (χ2n) is 7.70. The number of hydrogen-bond acceptors (Lipinski definition) is 10. The van der Waals surface area contributed by atoms with Crippen molar-refractivity contribution in [3.63, 3.8) is 0 Å². The van der Waals surface area contributed by atoms with Gasteiger partial charge in [-0.3, -0.25) is 20.0 Å². The standard InChI is InChI=1S/C22H21ClN2O8/c1-10-6-11(24-13-8-12(25(29)30)4-5-14(13)26)7-17(27)22(10)21(28)18-15(31-2)9-16(32-3)19(23)20(18)33-22/h4-5,7-10,24,26,29-30H,6H2,1-3H3/p-1. The number of carbonyl (C=O) groups excluding carboxylic acids is 2. The van der Waals surface area contributed by atoms with Gasteiger partial charge in [-0.2, -0.15) is 0 Å². The van der Waals surface area contributed by atoms with Crippen LogP contribution in [-0.2, 0) is 4.79 Å². The Morgan fingerprint density at radius 3 is 2.52 bits per heavy atom.